The van der Waals surface area contributed by atoms with Gasteiger partial charge in [-0.3, -0.25) is 0 Å². The highest BCUT2D eigenvalue weighted by atomic mass is 28.3. The Bertz CT molecular complexity index is 779. The van der Waals surface area contributed by atoms with E-state index in [4.69, 9.17) is 9.42 Å². The molecular weight excluding hydrogens is 314 g/mol. The summed E-state index contributed by atoms with van der Waals surface area (Å²) in [5.74, 6) is 0.807. The summed E-state index contributed by atoms with van der Waals surface area (Å²) < 4.78 is 5.98. The lowest BCUT2D eigenvalue weighted by molar-refractivity contribution is 0.582. The molecule has 3 rings (SSSR count). The average molecular weight is 332 g/mol. The van der Waals surface area contributed by atoms with E-state index < -0.39 is 9.04 Å². The Kier molecular flexibility index (Phi) is 5.13. The van der Waals surface area contributed by atoms with Crippen LogP contribution in [0.4, 0.5) is 5.69 Å². The molecule has 2 aromatic carbocycles. The highest BCUT2D eigenvalue weighted by molar-refractivity contribution is 6.49. The van der Waals surface area contributed by atoms with Crippen molar-refractivity contribution < 1.29 is 4.43 Å². The van der Waals surface area contributed by atoms with Crippen molar-refractivity contribution in [1.29, 1.82) is 0 Å². The van der Waals surface area contributed by atoms with Gasteiger partial charge < -0.3 is 4.43 Å². The third-order valence-electron chi connectivity index (χ3n) is 3.29. The summed E-state index contributed by atoms with van der Waals surface area (Å²) in [4.78, 5) is 13.1. The zero-order chi connectivity index (χ0) is 16.8. The van der Waals surface area contributed by atoms with Gasteiger partial charge in [-0.1, -0.05) is 42.5 Å². The monoisotopic (exact) mass is 332 g/mol. The predicted molar refractivity (Wildman–Crippen MR) is 98.3 cm³/mol. The lowest BCUT2D eigenvalue weighted by atomic mass is 10.0. The molecule has 0 amide bonds. The van der Waals surface area contributed by atoms with Crippen molar-refractivity contribution in [3.05, 3.63) is 84.4 Å². The predicted octanol–water partition coefficient (Wildman–Crippen LogP) is 4.28. The van der Waals surface area contributed by atoms with Crippen LogP contribution in [-0.2, 0) is 0 Å². The zero-order valence-electron chi connectivity index (χ0n) is 13.7. The van der Waals surface area contributed by atoms with Crippen LogP contribution in [0.5, 0.6) is 5.75 Å². The fourth-order valence-electron chi connectivity index (χ4n) is 2.29. The van der Waals surface area contributed by atoms with Crippen LogP contribution in [0, 0.1) is 0 Å². The largest absolute Gasteiger partial charge is 0.541 e. The van der Waals surface area contributed by atoms with Gasteiger partial charge in [-0.25, -0.2) is 15.0 Å². The minimum absolute atomic E-state index is 0.807. The van der Waals surface area contributed by atoms with Crippen LogP contribution in [-0.4, -0.2) is 24.7 Å². The zero-order valence-corrected chi connectivity index (χ0v) is 14.7. The van der Waals surface area contributed by atoms with Crippen molar-refractivity contribution in [2.75, 3.05) is 0 Å². The maximum absolute atomic E-state index is 5.98. The number of benzene rings is 2. The Morgan fingerprint density at radius 2 is 1.54 bits per heavy atom. The number of rotatable bonds is 5. The van der Waals surface area contributed by atoms with Crippen LogP contribution in [0.2, 0.25) is 13.1 Å². The fourth-order valence-corrected chi connectivity index (χ4v) is 2.90. The van der Waals surface area contributed by atoms with Crippen molar-refractivity contribution in [2.45, 2.75) is 13.1 Å². The second-order valence-electron chi connectivity index (χ2n) is 5.43. The van der Waals surface area contributed by atoms with Gasteiger partial charge in [0.1, 0.15) is 17.8 Å². The van der Waals surface area contributed by atoms with Crippen molar-refractivity contribution in [3.63, 3.8) is 0 Å². The van der Waals surface area contributed by atoms with Gasteiger partial charge in [0.25, 0.3) is 9.04 Å². The van der Waals surface area contributed by atoms with E-state index in [1.807, 2.05) is 54.6 Å². The second-order valence-corrected chi connectivity index (χ2v) is 7.45. The van der Waals surface area contributed by atoms with Gasteiger partial charge in [-0.05, 0) is 25.2 Å². The minimum Gasteiger partial charge on any atom is -0.541 e. The van der Waals surface area contributed by atoms with E-state index in [-0.39, 0.29) is 0 Å². The summed E-state index contributed by atoms with van der Waals surface area (Å²) in [5.41, 5.74) is 3.53. The molecule has 0 atom stereocenters. The molecule has 5 heteroatoms. The first-order valence-electron chi connectivity index (χ1n) is 7.70. The molecule has 1 heterocycles. The van der Waals surface area contributed by atoms with Crippen molar-refractivity contribution >= 4 is 20.4 Å². The molecule has 3 aromatic rings. The number of hydrogen-bond acceptors (Lipinski definition) is 4. The lowest BCUT2D eigenvalue weighted by Gasteiger charge is -2.12. The molecule has 0 aliphatic heterocycles. The summed E-state index contributed by atoms with van der Waals surface area (Å²) in [7, 11) is -0.866. The summed E-state index contributed by atoms with van der Waals surface area (Å²) in [6, 6.07) is 17.9. The first-order valence-corrected chi connectivity index (χ1v) is 10.1. The highest BCUT2D eigenvalue weighted by Crippen LogP contribution is 2.29. The molecule has 1 radical (unpaired) electrons. The lowest BCUT2D eigenvalue weighted by Crippen LogP contribution is -2.11. The standard InChI is InChI=1S/C19H18N3OSi/c1-24(2)23-18-11-7-6-10-17(18)22-19(15-8-4-3-5-9-15)16-12-20-14-21-13-16/h3-14H,1-2H3. The van der Waals surface area contributed by atoms with E-state index in [1.54, 1.807) is 12.4 Å². The highest BCUT2D eigenvalue weighted by Gasteiger charge is 2.11. The smallest absolute Gasteiger partial charge is 0.274 e. The second kappa shape index (κ2) is 7.65. The van der Waals surface area contributed by atoms with E-state index in [0.717, 1.165) is 28.3 Å². The minimum atomic E-state index is -0.866. The van der Waals surface area contributed by atoms with Crippen molar-refractivity contribution in [3.8, 4) is 5.75 Å². The molecule has 0 N–H and O–H groups in total. The quantitative estimate of drug-likeness (QED) is 0.517. The topological polar surface area (TPSA) is 47.4 Å². The van der Waals surface area contributed by atoms with Gasteiger partial charge in [0, 0.05) is 23.5 Å². The third-order valence-corrected chi connectivity index (χ3v) is 3.92. The molecule has 0 fully saturated rings. The van der Waals surface area contributed by atoms with Crippen molar-refractivity contribution in [2.24, 2.45) is 4.99 Å². The Morgan fingerprint density at radius 3 is 2.25 bits per heavy atom. The molecule has 0 saturated heterocycles. The van der Waals surface area contributed by atoms with Gasteiger partial charge >= 0.3 is 0 Å². The number of aliphatic imine (C=N–C) groups is 1. The molecule has 119 valence electrons. The SMILES string of the molecule is C[Si](C)Oc1ccccc1N=C(c1ccccc1)c1cncnc1. The van der Waals surface area contributed by atoms with Crippen LogP contribution in [0.1, 0.15) is 11.1 Å². The van der Waals surface area contributed by atoms with Crippen LogP contribution in [0.15, 0.2) is 78.3 Å². The van der Waals surface area contributed by atoms with E-state index in [0.29, 0.717) is 0 Å². The fraction of sp³-hybridized carbons (Fsp3) is 0.105. The number of nitrogens with zero attached hydrogens (tertiary/aromatic N) is 3. The van der Waals surface area contributed by atoms with E-state index in [2.05, 4.69) is 23.1 Å². The summed E-state index contributed by atoms with van der Waals surface area (Å²) in [6.07, 6.45) is 5.07. The van der Waals surface area contributed by atoms with Gasteiger partial charge in [0.05, 0.1) is 5.71 Å². The van der Waals surface area contributed by atoms with E-state index in [1.165, 1.54) is 6.33 Å². The van der Waals surface area contributed by atoms with Gasteiger partial charge in [-0.15, -0.1) is 0 Å². The first-order chi connectivity index (χ1) is 11.7. The number of para-hydroxylation sites is 2. The molecule has 0 aliphatic carbocycles. The molecule has 0 aliphatic rings. The first kappa shape index (κ1) is 16.1. The van der Waals surface area contributed by atoms with Crippen LogP contribution >= 0.6 is 0 Å². The maximum Gasteiger partial charge on any atom is 0.274 e. The van der Waals surface area contributed by atoms with E-state index in [9.17, 15) is 0 Å². The number of aromatic nitrogens is 2. The van der Waals surface area contributed by atoms with Gasteiger partial charge in [-0.2, -0.15) is 0 Å². The van der Waals surface area contributed by atoms with E-state index >= 15 is 0 Å². The van der Waals surface area contributed by atoms with Crippen LogP contribution in [0.25, 0.3) is 0 Å². The molecule has 4 nitrogen and oxygen atoms in total. The normalized spacial score (nSPS) is 11.5. The molecular formula is C19H18N3OSi. The Morgan fingerprint density at radius 1 is 0.875 bits per heavy atom. The van der Waals surface area contributed by atoms with Crippen LogP contribution < -0.4 is 4.43 Å². The molecule has 1 aromatic heterocycles. The third kappa shape index (κ3) is 3.94. The molecule has 0 saturated carbocycles. The van der Waals surface area contributed by atoms with Gasteiger partial charge in [0.15, 0.2) is 0 Å². The number of hydrogen-bond donors (Lipinski definition) is 0. The van der Waals surface area contributed by atoms with Gasteiger partial charge in [0.2, 0.25) is 0 Å². The Balaban J connectivity index is 2.12. The van der Waals surface area contributed by atoms with Crippen LogP contribution in [0.3, 0.4) is 0 Å². The molecule has 24 heavy (non-hydrogen) atoms. The summed E-state index contributed by atoms with van der Waals surface area (Å²) in [6.45, 7) is 4.21. The molecule has 0 unspecified atom stereocenters. The Labute approximate surface area is 143 Å². The average Bonchev–Trinajstić information content (AvgIpc) is 2.62. The molecule has 0 bridgehead atoms. The summed E-state index contributed by atoms with van der Waals surface area (Å²) >= 11 is 0. The van der Waals surface area contributed by atoms with Crippen molar-refractivity contribution in [1.82, 2.24) is 9.97 Å². The summed E-state index contributed by atoms with van der Waals surface area (Å²) in [5, 5.41) is 0. The molecule has 0 spiro atoms. The Hall–Kier alpha value is -2.79. The maximum atomic E-state index is 5.98.